The van der Waals surface area contributed by atoms with Crippen molar-refractivity contribution in [3.05, 3.63) is 52.9 Å². The number of benzene rings is 1. The SMILES string of the molecule is N#CC1CN(C(=O)[C@@H]2CC[C@@H](Cc3ncc4c(Br)nn(-c5cc(F)c6ncccc6c5)c4n3)C2)C1. The van der Waals surface area contributed by atoms with Crippen LogP contribution in [0.3, 0.4) is 0 Å². The Hall–Kier alpha value is -3.45. The lowest BCUT2D eigenvalue weighted by molar-refractivity contribution is -0.140. The first-order chi connectivity index (χ1) is 17.0. The third-order valence-corrected chi connectivity index (χ3v) is 7.64. The number of nitriles is 1. The van der Waals surface area contributed by atoms with Gasteiger partial charge in [-0.15, -0.1) is 0 Å². The number of fused-ring (bicyclic) bond motifs is 2. The van der Waals surface area contributed by atoms with Gasteiger partial charge in [0.1, 0.15) is 15.9 Å². The summed E-state index contributed by atoms with van der Waals surface area (Å²) in [5.41, 5.74) is 1.46. The topological polar surface area (TPSA) is 101 Å². The normalized spacial score (nSPS) is 20.3. The van der Waals surface area contributed by atoms with Gasteiger partial charge in [0, 0.05) is 49.3 Å². The summed E-state index contributed by atoms with van der Waals surface area (Å²) in [5, 5.41) is 14.9. The summed E-state index contributed by atoms with van der Waals surface area (Å²) in [6, 6.07) is 9.05. The summed E-state index contributed by atoms with van der Waals surface area (Å²) in [7, 11) is 0. The molecule has 10 heteroatoms. The summed E-state index contributed by atoms with van der Waals surface area (Å²) < 4.78 is 16.9. The van der Waals surface area contributed by atoms with Gasteiger partial charge < -0.3 is 4.90 Å². The van der Waals surface area contributed by atoms with Crippen LogP contribution in [0.1, 0.15) is 25.1 Å². The molecule has 2 atom stereocenters. The maximum Gasteiger partial charge on any atom is 0.225 e. The Labute approximate surface area is 208 Å². The van der Waals surface area contributed by atoms with Crippen molar-refractivity contribution >= 4 is 43.8 Å². The zero-order chi connectivity index (χ0) is 24.1. The number of nitrogens with zero attached hydrogens (tertiary/aromatic N) is 7. The molecule has 1 saturated carbocycles. The minimum Gasteiger partial charge on any atom is -0.340 e. The Balaban J connectivity index is 1.24. The molecule has 0 unspecified atom stereocenters. The van der Waals surface area contributed by atoms with E-state index in [0.717, 1.165) is 24.6 Å². The summed E-state index contributed by atoms with van der Waals surface area (Å²) >= 11 is 3.47. The fourth-order valence-electron chi connectivity index (χ4n) is 5.18. The van der Waals surface area contributed by atoms with Crippen LogP contribution in [0.4, 0.5) is 4.39 Å². The smallest absolute Gasteiger partial charge is 0.225 e. The number of carbonyl (C=O) groups is 1. The van der Waals surface area contributed by atoms with Gasteiger partial charge in [0.05, 0.1) is 23.1 Å². The Bertz CT molecular complexity index is 1510. The second-order valence-electron chi connectivity index (χ2n) is 9.38. The molecule has 3 aromatic heterocycles. The lowest BCUT2D eigenvalue weighted by Gasteiger charge is -2.37. The van der Waals surface area contributed by atoms with Crippen LogP contribution in [-0.4, -0.2) is 48.6 Å². The molecule has 35 heavy (non-hydrogen) atoms. The average molecular weight is 534 g/mol. The van der Waals surface area contributed by atoms with Crippen LogP contribution in [0.15, 0.2) is 41.3 Å². The summed E-state index contributed by atoms with van der Waals surface area (Å²) in [6.07, 6.45) is 6.58. The highest BCUT2D eigenvalue weighted by Crippen LogP contribution is 2.36. The molecular formula is C25H21BrFN7O. The van der Waals surface area contributed by atoms with Crippen molar-refractivity contribution in [2.45, 2.75) is 25.7 Å². The van der Waals surface area contributed by atoms with Gasteiger partial charge in [0.2, 0.25) is 5.91 Å². The highest BCUT2D eigenvalue weighted by Gasteiger charge is 2.38. The molecule has 1 aliphatic carbocycles. The van der Waals surface area contributed by atoms with E-state index in [1.54, 1.807) is 28.0 Å². The second kappa shape index (κ2) is 8.64. The van der Waals surface area contributed by atoms with Gasteiger partial charge in [-0.1, -0.05) is 6.07 Å². The fourth-order valence-corrected chi connectivity index (χ4v) is 5.62. The maximum atomic E-state index is 14.7. The van der Waals surface area contributed by atoms with Gasteiger partial charge in [0.25, 0.3) is 0 Å². The molecule has 0 radical (unpaired) electrons. The number of likely N-dealkylation sites (tertiary alicyclic amines) is 1. The maximum absolute atomic E-state index is 14.7. The summed E-state index contributed by atoms with van der Waals surface area (Å²) in [6.45, 7) is 1.11. The number of pyridine rings is 1. The molecule has 4 aromatic rings. The summed E-state index contributed by atoms with van der Waals surface area (Å²) in [5.74, 6) is 0.742. The molecule has 0 bridgehead atoms. The quantitative estimate of drug-likeness (QED) is 0.389. The van der Waals surface area contributed by atoms with Gasteiger partial charge in [-0.2, -0.15) is 10.4 Å². The third-order valence-electron chi connectivity index (χ3n) is 7.05. The van der Waals surface area contributed by atoms with Crippen LogP contribution < -0.4 is 0 Å². The van der Waals surface area contributed by atoms with Gasteiger partial charge in [-0.05, 0) is 53.2 Å². The molecule has 4 heterocycles. The highest BCUT2D eigenvalue weighted by molar-refractivity contribution is 9.10. The first-order valence-electron chi connectivity index (χ1n) is 11.6. The fraction of sp³-hybridized carbons (Fsp3) is 0.360. The van der Waals surface area contributed by atoms with Crippen molar-refractivity contribution < 1.29 is 9.18 Å². The van der Waals surface area contributed by atoms with E-state index >= 15 is 0 Å². The largest absolute Gasteiger partial charge is 0.340 e. The van der Waals surface area contributed by atoms with Crippen molar-refractivity contribution in [3.63, 3.8) is 0 Å². The number of carbonyl (C=O) groups excluding carboxylic acids is 1. The van der Waals surface area contributed by atoms with E-state index in [4.69, 9.17) is 10.2 Å². The van der Waals surface area contributed by atoms with Crippen LogP contribution >= 0.6 is 15.9 Å². The Morgan fingerprint density at radius 1 is 1.26 bits per heavy atom. The molecule has 6 rings (SSSR count). The minimum absolute atomic E-state index is 0.0113. The van der Waals surface area contributed by atoms with E-state index in [9.17, 15) is 9.18 Å². The van der Waals surface area contributed by atoms with E-state index in [2.05, 4.69) is 37.1 Å². The van der Waals surface area contributed by atoms with Gasteiger partial charge in [0.15, 0.2) is 11.5 Å². The van der Waals surface area contributed by atoms with E-state index in [0.29, 0.717) is 58.1 Å². The van der Waals surface area contributed by atoms with Crippen LogP contribution in [0.25, 0.3) is 27.6 Å². The number of amides is 1. The molecule has 0 spiro atoms. The molecular weight excluding hydrogens is 513 g/mol. The first-order valence-corrected chi connectivity index (χ1v) is 12.4. The minimum atomic E-state index is -0.419. The van der Waals surface area contributed by atoms with Crippen LogP contribution in [0, 0.1) is 34.9 Å². The van der Waals surface area contributed by atoms with Crippen molar-refractivity contribution in [2.24, 2.45) is 17.8 Å². The van der Waals surface area contributed by atoms with E-state index < -0.39 is 5.82 Å². The number of hydrogen-bond donors (Lipinski definition) is 0. The Morgan fingerprint density at radius 3 is 2.94 bits per heavy atom. The van der Waals surface area contributed by atoms with Gasteiger partial charge >= 0.3 is 0 Å². The van der Waals surface area contributed by atoms with Crippen LogP contribution in [0.2, 0.25) is 0 Å². The van der Waals surface area contributed by atoms with Crippen molar-refractivity contribution in [2.75, 3.05) is 13.1 Å². The van der Waals surface area contributed by atoms with Crippen molar-refractivity contribution in [1.29, 1.82) is 5.26 Å². The number of aromatic nitrogens is 5. The molecule has 0 N–H and O–H groups in total. The number of rotatable bonds is 4. The predicted octanol–water partition coefficient (Wildman–Crippen LogP) is 4.21. The van der Waals surface area contributed by atoms with Gasteiger partial charge in [-0.25, -0.2) is 19.0 Å². The zero-order valence-electron chi connectivity index (χ0n) is 18.7. The average Bonchev–Trinajstić information content (AvgIpc) is 3.43. The van der Waals surface area contributed by atoms with E-state index in [1.807, 2.05) is 12.1 Å². The lowest BCUT2D eigenvalue weighted by Crippen LogP contribution is -2.51. The van der Waals surface area contributed by atoms with Gasteiger partial charge in [-0.3, -0.25) is 9.78 Å². The van der Waals surface area contributed by atoms with E-state index in [1.165, 1.54) is 6.07 Å². The van der Waals surface area contributed by atoms with Crippen LogP contribution in [0.5, 0.6) is 0 Å². The molecule has 1 aromatic carbocycles. The first kappa shape index (κ1) is 22.0. The number of hydrogen-bond acceptors (Lipinski definition) is 6. The molecule has 1 amide bonds. The summed E-state index contributed by atoms with van der Waals surface area (Å²) in [4.78, 5) is 28.0. The molecule has 8 nitrogen and oxygen atoms in total. The van der Waals surface area contributed by atoms with Crippen molar-refractivity contribution in [1.82, 2.24) is 29.6 Å². The number of halogens is 2. The molecule has 176 valence electrons. The molecule has 2 aliphatic rings. The Kier molecular flexibility index (Phi) is 5.44. The standard InChI is InChI=1S/C25H21BrFN7O/c26-23-19-11-30-21(7-14-3-4-17(6-14)25(35)33-12-15(10-28)13-33)31-24(19)34(32-23)18-8-16-2-1-5-29-22(16)20(27)9-18/h1-2,5,8-9,11,14-15,17H,3-4,6-7,12-13H2/t14-,17-/m1/s1. The van der Waals surface area contributed by atoms with Crippen LogP contribution in [-0.2, 0) is 11.2 Å². The molecule has 1 saturated heterocycles. The van der Waals surface area contributed by atoms with E-state index in [-0.39, 0.29) is 17.7 Å². The highest BCUT2D eigenvalue weighted by atomic mass is 79.9. The lowest BCUT2D eigenvalue weighted by atomic mass is 9.96. The monoisotopic (exact) mass is 533 g/mol. The Morgan fingerprint density at radius 2 is 2.11 bits per heavy atom. The van der Waals surface area contributed by atoms with Crippen molar-refractivity contribution in [3.8, 4) is 11.8 Å². The third kappa shape index (κ3) is 3.93. The predicted molar refractivity (Wildman–Crippen MR) is 130 cm³/mol. The second-order valence-corrected chi connectivity index (χ2v) is 10.1. The molecule has 1 aliphatic heterocycles. The zero-order valence-corrected chi connectivity index (χ0v) is 20.3. The molecule has 2 fully saturated rings.